The van der Waals surface area contributed by atoms with Crippen molar-refractivity contribution < 1.29 is 9.59 Å². The molecule has 142 valence electrons. The molecule has 0 unspecified atom stereocenters. The van der Waals surface area contributed by atoms with Gasteiger partial charge in [0.1, 0.15) is 5.69 Å². The van der Waals surface area contributed by atoms with Gasteiger partial charge in [0, 0.05) is 36.7 Å². The van der Waals surface area contributed by atoms with Crippen LogP contribution in [0.5, 0.6) is 0 Å². The van der Waals surface area contributed by atoms with E-state index in [1.54, 1.807) is 18.3 Å². The Hall–Kier alpha value is -3.67. The molecule has 1 heterocycles. The van der Waals surface area contributed by atoms with Crippen LogP contribution in [-0.2, 0) is 11.3 Å². The van der Waals surface area contributed by atoms with Gasteiger partial charge < -0.3 is 16.0 Å². The first-order valence-electron chi connectivity index (χ1n) is 8.94. The largest absolute Gasteiger partial charge is 0.355 e. The van der Waals surface area contributed by atoms with Gasteiger partial charge in [-0.15, -0.1) is 0 Å². The molecule has 0 atom stereocenters. The molecule has 6 nitrogen and oxygen atoms in total. The number of nitrogens with zero attached hydrogens (tertiary/aromatic N) is 1. The van der Waals surface area contributed by atoms with Gasteiger partial charge in [0.25, 0.3) is 5.91 Å². The van der Waals surface area contributed by atoms with E-state index in [0.29, 0.717) is 17.9 Å². The normalized spacial score (nSPS) is 10.2. The molecule has 0 aliphatic heterocycles. The van der Waals surface area contributed by atoms with Crippen LogP contribution in [0.2, 0.25) is 0 Å². The molecule has 0 fully saturated rings. The van der Waals surface area contributed by atoms with Crippen molar-refractivity contribution in [1.82, 2.24) is 10.3 Å². The van der Waals surface area contributed by atoms with E-state index >= 15 is 0 Å². The van der Waals surface area contributed by atoms with Crippen LogP contribution < -0.4 is 16.0 Å². The Morgan fingerprint density at radius 2 is 1.64 bits per heavy atom. The second kappa shape index (κ2) is 8.81. The van der Waals surface area contributed by atoms with Gasteiger partial charge in [0.05, 0.1) is 0 Å². The number of aryl methyl sites for hydroxylation is 1. The van der Waals surface area contributed by atoms with Crippen LogP contribution in [0.3, 0.4) is 0 Å². The number of carbonyl (C=O) groups excluding carboxylic acids is 2. The quantitative estimate of drug-likeness (QED) is 0.608. The number of hydrogen-bond donors (Lipinski definition) is 3. The number of carbonyl (C=O) groups is 2. The standard InChI is InChI=1S/C22H22N4O2/c1-15-6-8-17(9-7-15)14-24-22(28)21-13-20(10-11-23-21)26-19-5-3-4-18(12-19)25-16(2)27/h3-13H,14H2,1-2H3,(H,23,26)(H,24,28)(H,25,27). The number of pyridine rings is 1. The van der Waals surface area contributed by atoms with Crippen molar-refractivity contribution in [1.29, 1.82) is 0 Å². The smallest absolute Gasteiger partial charge is 0.270 e. The zero-order valence-electron chi connectivity index (χ0n) is 15.8. The zero-order chi connectivity index (χ0) is 19.9. The maximum Gasteiger partial charge on any atom is 0.270 e. The van der Waals surface area contributed by atoms with Crippen molar-refractivity contribution in [2.24, 2.45) is 0 Å². The molecule has 28 heavy (non-hydrogen) atoms. The Balaban J connectivity index is 1.65. The summed E-state index contributed by atoms with van der Waals surface area (Å²) in [6.45, 7) is 3.93. The highest BCUT2D eigenvalue weighted by Crippen LogP contribution is 2.20. The number of rotatable bonds is 6. The van der Waals surface area contributed by atoms with Crippen molar-refractivity contribution >= 4 is 28.9 Å². The summed E-state index contributed by atoms with van der Waals surface area (Å²) < 4.78 is 0. The van der Waals surface area contributed by atoms with Gasteiger partial charge in [-0.3, -0.25) is 14.6 Å². The molecule has 0 aliphatic carbocycles. The molecular weight excluding hydrogens is 352 g/mol. The average molecular weight is 374 g/mol. The monoisotopic (exact) mass is 374 g/mol. The maximum absolute atomic E-state index is 12.4. The van der Waals surface area contributed by atoms with Crippen LogP contribution >= 0.6 is 0 Å². The lowest BCUT2D eigenvalue weighted by atomic mass is 10.1. The van der Waals surface area contributed by atoms with Crippen molar-refractivity contribution in [2.75, 3.05) is 10.6 Å². The lowest BCUT2D eigenvalue weighted by Gasteiger charge is -2.10. The fraction of sp³-hybridized carbons (Fsp3) is 0.136. The van der Waals surface area contributed by atoms with Crippen LogP contribution in [0, 0.1) is 6.92 Å². The Morgan fingerprint density at radius 1 is 0.929 bits per heavy atom. The van der Waals surface area contributed by atoms with Crippen molar-refractivity contribution in [3.05, 3.63) is 83.7 Å². The molecule has 6 heteroatoms. The van der Waals surface area contributed by atoms with Gasteiger partial charge in [0.15, 0.2) is 0 Å². The third-order valence-electron chi connectivity index (χ3n) is 4.04. The average Bonchev–Trinajstić information content (AvgIpc) is 2.67. The van der Waals surface area contributed by atoms with Gasteiger partial charge in [0.2, 0.25) is 5.91 Å². The molecule has 0 saturated heterocycles. The van der Waals surface area contributed by atoms with E-state index in [4.69, 9.17) is 0 Å². The molecule has 0 radical (unpaired) electrons. The highest BCUT2D eigenvalue weighted by molar-refractivity contribution is 5.93. The van der Waals surface area contributed by atoms with Crippen molar-refractivity contribution in [3.63, 3.8) is 0 Å². The summed E-state index contributed by atoms with van der Waals surface area (Å²) in [4.78, 5) is 27.8. The second-order valence-electron chi connectivity index (χ2n) is 6.49. The number of hydrogen-bond acceptors (Lipinski definition) is 4. The number of benzene rings is 2. The summed E-state index contributed by atoms with van der Waals surface area (Å²) in [5.74, 6) is -0.371. The van der Waals surface area contributed by atoms with Crippen LogP contribution in [-0.4, -0.2) is 16.8 Å². The molecule has 3 rings (SSSR count). The van der Waals surface area contributed by atoms with Crippen molar-refractivity contribution in [2.45, 2.75) is 20.4 Å². The predicted octanol–water partition coefficient (Wildman–Crippen LogP) is 4.02. The number of aromatic nitrogens is 1. The molecule has 2 aromatic carbocycles. The number of amides is 2. The van der Waals surface area contributed by atoms with Crippen LogP contribution in [0.1, 0.15) is 28.5 Å². The van der Waals surface area contributed by atoms with E-state index in [2.05, 4.69) is 20.9 Å². The van der Waals surface area contributed by atoms with Gasteiger partial charge in [-0.1, -0.05) is 35.9 Å². The molecule has 0 saturated carbocycles. The van der Waals surface area contributed by atoms with E-state index in [0.717, 1.165) is 16.9 Å². The molecule has 0 spiro atoms. The Bertz CT molecular complexity index is 984. The molecule has 3 aromatic rings. The maximum atomic E-state index is 12.4. The van der Waals surface area contributed by atoms with E-state index in [1.807, 2.05) is 55.5 Å². The third kappa shape index (κ3) is 5.41. The topological polar surface area (TPSA) is 83.1 Å². The van der Waals surface area contributed by atoms with E-state index < -0.39 is 0 Å². The molecule has 0 aliphatic rings. The summed E-state index contributed by atoms with van der Waals surface area (Å²) in [7, 11) is 0. The number of nitrogens with one attached hydrogen (secondary N) is 3. The lowest BCUT2D eigenvalue weighted by molar-refractivity contribution is -0.114. The minimum atomic E-state index is -0.240. The molecular formula is C22H22N4O2. The van der Waals surface area contributed by atoms with Gasteiger partial charge in [-0.05, 0) is 42.8 Å². The van der Waals surface area contributed by atoms with Gasteiger partial charge in [-0.2, -0.15) is 0 Å². The van der Waals surface area contributed by atoms with Gasteiger partial charge >= 0.3 is 0 Å². The predicted molar refractivity (Wildman–Crippen MR) is 111 cm³/mol. The molecule has 1 aromatic heterocycles. The van der Waals surface area contributed by atoms with Gasteiger partial charge in [-0.25, -0.2) is 0 Å². The fourth-order valence-corrected chi connectivity index (χ4v) is 2.66. The first-order valence-corrected chi connectivity index (χ1v) is 8.94. The Labute approximate surface area is 164 Å². The first-order chi connectivity index (χ1) is 13.5. The first kappa shape index (κ1) is 19.1. The van der Waals surface area contributed by atoms with Crippen LogP contribution in [0.15, 0.2) is 66.9 Å². The molecule has 3 N–H and O–H groups in total. The van der Waals surface area contributed by atoms with E-state index in [1.165, 1.54) is 12.5 Å². The third-order valence-corrected chi connectivity index (χ3v) is 4.04. The summed E-state index contributed by atoms with van der Waals surface area (Å²) in [6, 6.07) is 18.8. The SMILES string of the molecule is CC(=O)Nc1cccc(Nc2ccnc(C(=O)NCc3ccc(C)cc3)c2)c1. The second-order valence-corrected chi connectivity index (χ2v) is 6.49. The van der Waals surface area contributed by atoms with E-state index in [9.17, 15) is 9.59 Å². The highest BCUT2D eigenvalue weighted by atomic mass is 16.2. The Morgan fingerprint density at radius 3 is 2.39 bits per heavy atom. The summed E-state index contributed by atoms with van der Waals surface area (Å²) in [5.41, 5.74) is 4.76. The Kier molecular flexibility index (Phi) is 6.01. The minimum Gasteiger partial charge on any atom is -0.355 e. The molecule has 2 amide bonds. The summed E-state index contributed by atoms with van der Waals surface area (Å²) >= 11 is 0. The number of anilines is 3. The van der Waals surface area contributed by atoms with Crippen LogP contribution in [0.4, 0.5) is 17.1 Å². The summed E-state index contributed by atoms with van der Waals surface area (Å²) in [5, 5.41) is 8.84. The fourth-order valence-electron chi connectivity index (χ4n) is 2.66. The zero-order valence-corrected chi connectivity index (χ0v) is 15.8. The minimum absolute atomic E-state index is 0.131. The lowest BCUT2D eigenvalue weighted by Crippen LogP contribution is -2.23. The summed E-state index contributed by atoms with van der Waals surface area (Å²) in [6.07, 6.45) is 1.58. The molecule has 0 bridgehead atoms. The highest BCUT2D eigenvalue weighted by Gasteiger charge is 2.08. The van der Waals surface area contributed by atoms with Crippen molar-refractivity contribution in [3.8, 4) is 0 Å². The van der Waals surface area contributed by atoms with E-state index in [-0.39, 0.29) is 11.8 Å². The van der Waals surface area contributed by atoms with Crippen LogP contribution in [0.25, 0.3) is 0 Å².